The van der Waals surface area contributed by atoms with E-state index in [1.54, 1.807) is 4.57 Å². The van der Waals surface area contributed by atoms with Gasteiger partial charge in [0, 0.05) is 0 Å². The number of carbonyl (C=O) groups is 1. The van der Waals surface area contributed by atoms with Gasteiger partial charge in [-0.05, 0) is 17.7 Å². The summed E-state index contributed by atoms with van der Waals surface area (Å²) in [7, 11) is 1.34. The van der Waals surface area contributed by atoms with Gasteiger partial charge < -0.3 is 9.30 Å². The Morgan fingerprint density at radius 3 is 3.06 bits per heavy atom. The largest absolute Gasteiger partial charge is 0.468 e. The highest BCUT2D eigenvalue weighted by molar-refractivity contribution is 7.98. The topological polar surface area (TPSA) is 61.2 Å². The van der Waals surface area contributed by atoms with Gasteiger partial charge >= 0.3 is 5.97 Å². The standard InChI is InChI=1S/C10H10N2O3S2/c1-15-7(13)5-12-6-3-4-17-8(6)9(14)11-10(12)16-2/h3-4H,5H2,1-2H3. The second-order valence-corrected chi connectivity index (χ2v) is 4.89. The number of thiophene rings is 1. The molecule has 2 heterocycles. The van der Waals surface area contributed by atoms with Crippen molar-refractivity contribution in [3.63, 3.8) is 0 Å². The van der Waals surface area contributed by atoms with Crippen LogP contribution in [-0.2, 0) is 16.1 Å². The number of nitrogens with zero attached hydrogens (tertiary/aromatic N) is 2. The molecule has 5 nitrogen and oxygen atoms in total. The maximum Gasteiger partial charge on any atom is 0.325 e. The molecule has 0 aliphatic heterocycles. The van der Waals surface area contributed by atoms with E-state index in [1.165, 1.54) is 30.2 Å². The lowest BCUT2D eigenvalue weighted by Gasteiger charge is -2.10. The van der Waals surface area contributed by atoms with Crippen LogP contribution in [0, 0.1) is 0 Å². The minimum absolute atomic E-state index is 0.0627. The van der Waals surface area contributed by atoms with E-state index in [4.69, 9.17) is 0 Å². The van der Waals surface area contributed by atoms with E-state index in [2.05, 4.69) is 9.72 Å². The smallest absolute Gasteiger partial charge is 0.325 e. The lowest BCUT2D eigenvalue weighted by atomic mass is 10.4. The third kappa shape index (κ3) is 2.20. The van der Waals surface area contributed by atoms with Crippen molar-refractivity contribution in [3.8, 4) is 0 Å². The Labute approximate surface area is 105 Å². The maximum absolute atomic E-state index is 11.7. The van der Waals surface area contributed by atoms with Gasteiger partial charge in [-0.1, -0.05) is 11.8 Å². The lowest BCUT2D eigenvalue weighted by Crippen LogP contribution is -2.19. The zero-order valence-corrected chi connectivity index (χ0v) is 10.9. The van der Waals surface area contributed by atoms with Crippen molar-refractivity contribution in [1.29, 1.82) is 0 Å². The summed E-state index contributed by atoms with van der Waals surface area (Å²) < 4.78 is 6.90. The van der Waals surface area contributed by atoms with Gasteiger partial charge in [0.1, 0.15) is 11.2 Å². The second-order valence-electron chi connectivity index (χ2n) is 3.20. The Bertz CT molecular complexity index is 618. The SMILES string of the molecule is COC(=O)Cn1c(SC)nc(=O)c2sccc21. The molecule has 0 aliphatic carbocycles. The van der Waals surface area contributed by atoms with Crippen molar-refractivity contribution in [1.82, 2.24) is 9.55 Å². The normalized spacial score (nSPS) is 10.7. The first-order valence-corrected chi connectivity index (χ1v) is 6.86. The van der Waals surface area contributed by atoms with E-state index in [1.807, 2.05) is 17.7 Å². The summed E-state index contributed by atoms with van der Waals surface area (Å²) in [4.78, 5) is 27.0. The summed E-state index contributed by atoms with van der Waals surface area (Å²) in [6, 6.07) is 1.81. The van der Waals surface area contributed by atoms with Gasteiger partial charge in [0.05, 0.1) is 12.6 Å². The quantitative estimate of drug-likeness (QED) is 0.478. The average molecular weight is 270 g/mol. The van der Waals surface area contributed by atoms with Gasteiger partial charge in [-0.15, -0.1) is 11.3 Å². The van der Waals surface area contributed by atoms with Crippen LogP contribution in [0.4, 0.5) is 0 Å². The van der Waals surface area contributed by atoms with E-state index in [0.29, 0.717) is 9.86 Å². The first-order valence-electron chi connectivity index (χ1n) is 4.76. The Morgan fingerprint density at radius 2 is 2.41 bits per heavy atom. The molecule has 0 unspecified atom stereocenters. The van der Waals surface area contributed by atoms with Crippen LogP contribution >= 0.6 is 23.1 Å². The second kappa shape index (κ2) is 4.89. The molecule has 0 N–H and O–H groups in total. The summed E-state index contributed by atoms with van der Waals surface area (Å²) >= 11 is 2.65. The third-order valence-electron chi connectivity index (χ3n) is 2.26. The Balaban J connectivity index is 2.65. The fourth-order valence-electron chi connectivity index (χ4n) is 1.48. The van der Waals surface area contributed by atoms with Gasteiger partial charge in [-0.3, -0.25) is 9.59 Å². The number of hydrogen-bond acceptors (Lipinski definition) is 6. The first kappa shape index (κ1) is 12.1. The molecule has 0 saturated heterocycles. The molecule has 0 aliphatic rings. The van der Waals surface area contributed by atoms with Crippen LogP contribution in [0.1, 0.15) is 0 Å². The molecule has 0 bridgehead atoms. The van der Waals surface area contributed by atoms with E-state index in [-0.39, 0.29) is 18.1 Å². The molecule has 0 fully saturated rings. The average Bonchev–Trinajstić information content (AvgIpc) is 2.81. The van der Waals surface area contributed by atoms with Crippen molar-refractivity contribution in [2.45, 2.75) is 11.7 Å². The summed E-state index contributed by atoms with van der Waals surface area (Å²) in [5, 5.41) is 2.33. The number of fused-ring (bicyclic) bond motifs is 1. The van der Waals surface area contributed by atoms with Crippen molar-refractivity contribution in [3.05, 3.63) is 21.8 Å². The van der Waals surface area contributed by atoms with Crippen LogP contribution in [0.3, 0.4) is 0 Å². The van der Waals surface area contributed by atoms with Gasteiger partial charge in [0.25, 0.3) is 5.56 Å². The fourth-order valence-corrected chi connectivity index (χ4v) is 2.81. The number of carbonyl (C=O) groups excluding carboxylic acids is 1. The lowest BCUT2D eigenvalue weighted by molar-refractivity contribution is -0.141. The van der Waals surface area contributed by atoms with E-state index in [0.717, 1.165) is 5.52 Å². The predicted octanol–water partition coefficient (Wildman–Crippen LogP) is 1.35. The number of methoxy groups -OCH3 is 1. The first-order chi connectivity index (χ1) is 8.17. The summed E-state index contributed by atoms with van der Waals surface area (Å²) in [6.45, 7) is 0.0627. The fraction of sp³-hybridized carbons (Fsp3) is 0.300. The number of esters is 1. The zero-order chi connectivity index (χ0) is 12.4. The number of rotatable bonds is 3. The van der Waals surface area contributed by atoms with Crippen molar-refractivity contribution >= 4 is 39.3 Å². The van der Waals surface area contributed by atoms with Crippen molar-refractivity contribution in [2.24, 2.45) is 0 Å². The summed E-state index contributed by atoms with van der Waals surface area (Å²) in [5.74, 6) is -0.363. The summed E-state index contributed by atoms with van der Waals surface area (Å²) in [6.07, 6.45) is 1.81. The molecule has 0 saturated carbocycles. The zero-order valence-electron chi connectivity index (χ0n) is 9.30. The Kier molecular flexibility index (Phi) is 3.49. The molecule has 0 atom stereocenters. The molecule has 17 heavy (non-hydrogen) atoms. The number of aromatic nitrogens is 2. The maximum atomic E-state index is 11.7. The number of thioether (sulfide) groups is 1. The van der Waals surface area contributed by atoms with Crippen molar-refractivity contribution in [2.75, 3.05) is 13.4 Å². The molecule has 2 rings (SSSR count). The van der Waals surface area contributed by atoms with E-state index >= 15 is 0 Å². The third-order valence-corrected chi connectivity index (χ3v) is 3.82. The predicted molar refractivity (Wildman–Crippen MR) is 67.7 cm³/mol. The van der Waals surface area contributed by atoms with Crippen LogP contribution < -0.4 is 5.56 Å². The molecular weight excluding hydrogens is 260 g/mol. The molecular formula is C10H10N2O3S2. The van der Waals surface area contributed by atoms with Gasteiger partial charge in [-0.25, -0.2) is 0 Å². The highest BCUT2D eigenvalue weighted by Crippen LogP contribution is 2.21. The van der Waals surface area contributed by atoms with Crippen molar-refractivity contribution < 1.29 is 9.53 Å². The Morgan fingerprint density at radius 1 is 1.65 bits per heavy atom. The number of ether oxygens (including phenoxy) is 1. The highest BCUT2D eigenvalue weighted by Gasteiger charge is 2.13. The molecule has 2 aromatic heterocycles. The van der Waals surface area contributed by atoms with Gasteiger partial charge in [0.2, 0.25) is 0 Å². The van der Waals surface area contributed by atoms with Crippen LogP contribution in [0.25, 0.3) is 10.2 Å². The van der Waals surface area contributed by atoms with E-state index < -0.39 is 0 Å². The molecule has 7 heteroatoms. The molecule has 0 spiro atoms. The minimum atomic E-state index is -0.363. The highest BCUT2D eigenvalue weighted by atomic mass is 32.2. The van der Waals surface area contributed by atoms with Gasteiger partial charge in [-0.2, -0.15) is 4.98 Å². The Hall–Kier alpha value is -1.34. The molecule has 0 radical (unpaired) electrons. The molecule has 2 aromatic rings. The van der Waals surface area contributed by atoms with E-state index in [9.17, 15) is 9.59 Å². The molecule has 0 amide bonds. The monoisotopic (exact) mass is 270 g/mol. The van der Waals surface area contributed by atoms with Crippen LogP contribution in [0.15, 0.2) is 21.4 Å². The number of hydrogen-bond donors (Lipinski definition) is 0. The van der Waals surface area contributed by atoms with Crippen LogP contribution in [0.5, 0.6) is 0 Å². The summed E-state index contributed by atoms with van der Waals surface area (Å²) in [5.41, 5.74) is 0.477. The molecule has 90 valence electrons. The molecule has 0 aromatic carbocycles. The van der Waals surface area contributed by atoms with Crippen LogP contribution in [-0.4, -0.2) is 28.9 Å². The minimum Gasteiger partial charge on any atom is -0.468 e. The van der Waals surface area contributed by atoms with Crippen LogP contribution in [0.2, 0.25) is 0 Å². The van der Waals surface area contributed by atoms with Gasteiger partial charge in [0.15, 0.2) is 5.16 Å².